The quantitative estimate of drug-likeness (QED) is 0.760. The zero-order chi connectivity index (χ0) is 11.0. The molecule has 15 heavy (non-hydrogen) atoms. The van der Waals surface area contributed by atoms with Crippen LogP contribution in [-0.4, -0.2) is 9.78 Å². The summed E-state index contributed by atoms with van der Waals surface area (Å²) in [5, 5.41) is 2.90. The molecular formula is C11H11FN2O. The maximum Gasteiger partial charge on any atom is 0.271 e. The Morgan fingerprint density at radius 1 is 1.27 bits per heavy atom. The Morgan fingerprint density at radius 2 is 2.00 bits per heavy atom. The topological polar surface area (TPSA) is 37.8 Å². The van der Waals surface area contributed by atoms with Crippen LogP contribution in [0.2, 0.25) is 0 Å². The molecule has 0 aliphatic carbocycles. The van der Waals surface area contributed by atoms with Gasteiger partial charge in [-0.1, -0.05) is 0 Å². The van der Waals surface area contributed by atoms with E-state index in [0.29, 0.717) is 5.69 Å². The van der Waals surface area contributed by atoms with Crippen molar-refractivity contribution < 1.29 is 4.39 Å². The molecule has 0 aliphatic rings. The standard InChI is InChI=1S/C11H11FN2O/c1-7-5-9(12)3-4-10(7)14-11(15)6-8(2)13-14/h3-6,13H,1-2H3. The molecule has 0 aliphatic heterocycles. The Hall–Kier alpha value is -1.84. The smallest absolute Gasteiger partial charge is 0.271 e. The Bertz CT molecular complexity index is 554. The van der Waals surface area contributed by atoms with Crippen LogP contribution in [-0.2, 0) is 0 Å². The van der Waals surface area contributed by atoms with Gasteiger partial charge in [-0.25, -0.2) is 9.07 Å². The van der Waals surface area contributed by atoms with Crippen molar-refractivity contribution in [3.63, 3.8) is 0 Å². The van der Waals surface area contributed by atoms with Crippen molar-refractivity contribution in [2.24, 2.45) is 0 Å². The van der Waals surface area contributed by atoms with Gasteiger partial charge in [0.1, 0.15) is 5.82 Å². The Labute approximate surface area is 86.2 Å². The van der Waals surface area contributed by atoms with E-state index < -0.39 is 0 Å². The van der Waals surface area contributed by atoms with E-state index in [9.17, 15) is 9.18 Å². The fourth-order valence-corrected chi connectivity index (χ4v) is 1.56. The lowest BCUT2D eigenvalue weighted by Crippen LogP contribution is -2.14. The number of hydrogen-bond acceptors (Lipinski definition) is 1. The number of hydrogen-bond donors (Lipinski definition) is 1. The van der Waals surface area contributed by atoms with Crippen LogP contribution in [0.3, 0.4) is 0 Å². The molecule has 78 valence electrons. The molecule has 0 atom stereocenters. The summed E-state index contributed by atoms with van der Waals surface area (Å²) >= 11 is 0. The number of nitrogens with one attached hydrogen (secondary N) is 1. The van der Waals surface area contributed by atoms with E-state index in [4.69, 9.17) is 0 Å². The Balaban J connectivity index is 2.64. The van der Waals surface area contributed by atoms with Crippen LogP contribution >= 0.6 is 0 Å². The highest BCUT2D eigenvalue weighted by molar-refractivity contribution is 5.39. The molecule has 0 amide bonds. The average molecular weight is 206 g/mol. The Morgan fingerprint density at radius 3 is 2.53 bits per heavy atom. The molecule has 0 bridgehead atoms. The van der Waals surface area contributed by atoms with E-state index in [1.165, 1.54) is 22.9 Å². The molecule has 0 spiro atoms. The van der Waals surface area contributed by atoms with Gasteiger partial charge in [0.25, 0.3) is 5.56 Å². The SMILES string of the molecule is Cc1cc(=O)n(-c2ccc(F)cc2C)[nH]1. The number of halogens is 1. The van der Waals surface area contributed by atoms with Crippen molar-refractivity contribution >= 4 is 0 Å². The van der Waals surface area contributed by atoms with Gasteiger partial charge in [0.2, 0.25) is 0 Å². The van der Waals surface area contributed by atoms with Crippen LogP contribution in [0.5, 0.6) is 0 Å². The third-order valence-corrected chi connectivity index (χ3v) is 2.25. The predicted octanol–water partition coefficient (Wildman–Crippen LogP) is 1.92. The number of rotatable bonds is 1. The van der Waals surface area contributed by atoms with E-state index in [1.54, 1.807) is 19.9 Å². The third-order valence-electron chi connectivity index (χ3n) is 2.25. The minimum absolute atomic E-state index is 0.137. The molecule has 2 aromatic rings. The van der Waals surface area contributed by atoms with Crippen molar-refractivity contribution in [2.75, 3.05) is 0 Å². The van der Waals surface area contributed by atoms with Gasteiger partial charge in [-0.3, -0.25) is 9.89 Å². The van der Waals surface area contributed by atoms with E-state index in [-0.39, 0.29) is 11.4 Å². The first-order valence-corrected chi connectivity index (χ1v) is 4.63. The first kappa shape index (κ1) is 9.71. The van der Waals surface area contributed by atoms with Crippen molar-refractivity contribution in [2.45, 2.75) is 13.8 Å². The molecule has 0 unspecified atom stereocenters. The molecule has 0 saturated heterocycles. The highest BCUT2D eigenvalue weighted by atomic mass is 19.1. The largest absolute Gasteiger partial charge is 0.295 e. The molecular weight excluding hydrogens is 195 g/mol. The second-order valence-corrected chi connectivity index (χ2v) is 3.54. The molecule has 1 N–H and O–H groups in total. The summed E-state index contributed by atoms with van der Waals surface area (Å²) in [5.41, 5.74) is 2.04. The first-order valence-electron chi connectivity index (χ1n) is 4.63. The molecule has 1 aromatic carbocycles. The zero-order valence-electron chi connectivity index (χ0n) is 8.54. The second-order valence-electron chi connectivity index (χ2n) is 3.54. The van der Waals surface area contributed by atoms with Crippen molar-refractivity contribution in [1.29, 1.82) is 0 Å². The highest BCUT2D eigenvalue weighted by Crippen LogP contribution is 2.12. The second kappa shape index (κ2) is 3.38. The van der Waals surface area contributed by atoms with Crippen LogP contribution in [0.4, 0.5) is 4.39 Å². The summed E-state index contributed by atoms with van der Waals surface area (Å²) in [4.78, 5) is 11.5. The van der Waals surface area contributed by atoms with E-state index in [1.807, 2.05) is 0 Å². The molecule has 0 fully saturated rings. The lowest BCUT2D eigenvalue weighted by atomic mass is 10.2. The van der Waals surface area contributed by atoms with Gasteiger partial charge in [0, 0.05) is 11.8 Å². The van der Waals surface area contributed by atoms with Gasteiger partial charge in [-0.05, 0) is 37.6 Å². The highest BCUT2D eigenvalue weighted by Gasteiger charge is 2.06. The van der Waals surface area contributed by atoms with Crippen LogP contribution in [0.1, 0.15) is 11.3 Å². The van der Waals surface area contributed by atoms with Crippen molar-refractivity contribution in [3.8, 4) is 5.69 Å². The van der Waals surface area contributed by atoms with Crippen LogP contribution in [0.15, 0.2) is 29.1 Å². The van der Waals surface area contributed by atoms with Crippen LogP contribution in [0.25, 0.3) is 5.69 Å². The minimum Gasteiger partial charge on any atom is -0.295 e. The molecule has 3 nitrogen and oxygen atoms in total. The average Bonchev–Trinajstić information content (AvgIpc) is 2.45. The summed E-state index contributed by atoms with van der Waals surface area (Å²) in [7, 11) is 0. The first-order chi connectivity index (χ1) is 7.08. The van der Waals surface area contributed by atoms with Gasteiger partial charge in [0.15, 0.2) is 0 Å². The predicted molar refractivity (Wildman–Crippen MR) is 55.8 cm³/mol. The lowest BCUT2D eigenvalue weighted by molar-refractivity contribution is 0.625. The number of benzene rings is 1. The van der Waals surface area contributed by atoms with Gasteiger partial charge < -0.3 is 0 Å². The molecule has 0 saturated carbocycles. The zero-order valence-corrected chi connectivity index (χ0v) is 8.54. The fraction of sp³-hybridized carbons (Fsp3) is 0.182. The fourth-order valence-electron chi connectivity index (χ4n) is 1.56. The maximum atomic E-state index is 12.9. The van der Waals surface area contributed by atoms with Gasteiger partial charge in [-0.2, -0.15) is 0 Å². The summed E-state index contributed by atoms with van der Waals surface area (Å²) in [5.74, 6) is -0.299. The summed E-state index contributed by atoms with van der Waals surface area (Å²) in [6.45, 7) is 3.57. The minimum atomic E-state index is -0.299. The van der Waals surface area contributed by atoms with Crippen LogP contribution in [0, 0.1) is 19.7 Å². The maximum absolute atomic E-state index is 12.9. The number of H-pyrrole nitrogens is 1. The molecule has 1 aromatic heterocycles. The lowest BCUT2D eigenvalue weighted by Gasteiger charge is -2.05. The summed E-state index contributed by atoms with van der Waals surface area (Å²) in [6, 6.07) is 5.83. The molecule has 1 heterocycles. The van der Waals surface area contributed by atoms with Crippen molar-refractivity contribution in [1.82, 2.24) is 9.78 Å². The number of aromatic amines is 1. The summed E-state index contributed by atoms with van der Waals surface area (Å²) in [6.07, 6.45) is 0. The Kier molecular flexibility index (Phi) is 2.19. The summed E-state index contributed by atoms with van der Waals surface area (Å²) < 4.78 is 14.3. The molecule has 2 rings (SSSR count). The van der Waals surface area contributed by atoms with E-state index in [2.05, 4.69) is 5.10 Å². The van der Waals surface area contributed by atoms with E-state index >= 15 is 0 Å². The molecule has 4 heteroatoms. The van der Waals surface area contributed by atoms with Crippen molar-refractivity contribution in [3.05, 3.63) is 51.7 Å². The van der Waals surface area contributed by atoms with E-state index in [0.717, 1.165) is 11.3 Å². The number of aryl methyl sites for hydroxylation is 2. The normalized spacial score (nSPS) is 10.6. The molecule has 0 radical (unpaired) electrons. The van der Waals surface area contributed by atoms with Gasteiger partial charge in [-0.15, -0.1) is 0 Å². The van der Waals surface area contributed by atoms with Crippen LogP contribution < -0.4 is 5.56 Å². The number of aromatic nitrogens is 2. The van der Waals surface area contributed by atoms with Gasteiger partial charge in [0.05, 0.1) is 5.69 Å². The monoisotopic (exact) mass is 206 g/mol. The van der Waals surface area contributed by atoms with Gasteiger partial charge >= 0.3 is 0 Å². The third kappa shape index (κ3) is 1.70. The number of nitrogens with zero attached hydrogens (tertiary/aromatic N) is 1.